The summed E-state index contributed by atoms with van der Waals surface area (Å²) in [4.78, 5) is 4.27. The molecule has 1 heterocycles. The summed E-state index contributed by atoms with van der Waals surface area (Å²) >= 11 is 1.92. The molecule has 1 aliphatic heterocycles. The van der Waals surface area contributed by atoms with Crippen LogP contribution in [0.4, 0.5) is 0 Å². The van der Waals surface area contributed by atoms with E-state index in [1.807, 2.05) is 11.8 Å². The average Bonchev–Trinajstić information content (AvgIpc) is 2.14. The van der Waals surface area contributed by atoms with E-state index in [4.69, 9.17) is 0 Å². The Morgan fingerprint density at radius 3 is 2.88 bits per heavy atom. The zero-order chi connectivity index (χ0) is 5.98. The van der Waals surface area contributed by atoms with Gasteiger partial charge in [-0.2, -0.15) is 0 Å². The SMILES string of the molecule is CCC1CN=C(C)S1. The third-order valence-corrected chi connectivity index (χ3v) is 2.60. The fourth-order valence-corrected chi connectivity index (χ4v) is 1.71. The van der Waals surface area contributed by atoms with Crippen molar-refractivity contribution in [2.24, 2.45) is 4.99 Å². The molecule has 0 aromatic heterocycles. The Morgan fingerprint density at radius 2 is 2.62 bits per heavy atom. The lowest BCUT2D eigenvalue weighted by atomic mass is 10.3. The van der Waals surface area contributed by atoms with Gasteiger partial charge >= 0.3 is 0 Å². The molecule has 2 heteroatoms. The van der Waals surface area contributed by atoms with Gasteiger partial charge in [0.25, 0.3) is 0 Å². The normalized spacial score (nSPS) is 28.2. The summed E-state index contributed by atoms with van der Waals surface area (Å²) in [5, 5.41) is 2.05. The smallest absolute Gasteiger partial charge is 0.0648 e. The van der Waals surface area contributed by atoms with Crippen LogP contribution in [-0.4, -0.2) is 16.8 Å². The molecule has 0 amide bonds. The van der Waals surface area contributed by atoms with E-state index in [0.29, 0.717) is 0 Å². The van der Waals surface area contributed by atoms with E-state index in [1.54, 1.807) is 0 Å². The van der Waals surface area contributed by atoms with Crippen molar-refractivity contribution in [3.63, 3.8) is 0 Å². The highest BCUT2D eigenvalue weighted by molar-refractivity contribution is 8.14. The lowest BCUT2D eigenvalue weighted by molar-refractivity contribution is 0.843. The largest absolute Gasteiger partial charge is 0.282 e. The molecule has 1 nitrogen and oxygen atoms in total. The Labute approximate surface area is 54.6 Å². The van der Waals surface area contributed by atoms with Crippen LogP contribution in [0.2, 0.25) is 0 Å². The number of hydrogen-bond donors (Lipinski definition) is 0. The second kappa shape index (κ2) is 2.53. The first-order chi connectivity index (χ1) is 3.83. The third-order valence-electron chi connectivity index (χ3n) is 1.31. The number of aliphatic imine (C=N–C) groups is 1. The minimum Gasteiger partial charge on any atom is -0.282 e. The van der Waals surface area contributed by atoms with Crippen molar-refractivity contribution in [3.05, 3.63) is 0 Å². The fraction of sp³-hybridized carbons (Fsp3) is 0.833. The molecule has 1 rings (SSSR count). The molecule has 8 heavy (non-hydrogen) atoms. The van der Waals surface area contributed by atoms with Gasteiger partial charge in [-0.3, -0.25) is 4.99 Å². The molecular weight excluding hydrogens is 118 g/mol. The molecular formula is C6H11NS. The maximum absolute atomic E-state index is 4.27. The highest BCUT2D eigenvalue weighted by Crippen LogP contribution is 2.22. The first-order valence-electron chi connectivity index (χ1n) is 3.00. The monoisotopic (exact) mass is 129 g/mol. The number of thioether (sulfide) groups is 1. The highest BCUT2D eigenvalue weighted by Gasteiger charge is 2.12. The molecule has 0 N–H and O–H groups in total. The van der Waals surface area contributed by atoms with Crippen LogP contribution in [0.5, 0.6) is 0 Å². The van der Waals surface area contributed by atoms with Crippen LogP contribution < -0.4 is 0 Å². The van der Waals surface area contributed by atoms with Crippen LogP contribution in [0.3, 0.4) is 0 Å². The first-order valence-corrected chi connectivity index (χ1v) is 3.88. The molecule has 0 saturated heterocycles. The van der Waals surface area contributed by atoms with Crippen LogP contribution in [0.15, 0.2) is 4.99 Å². The lowest BCUT2D eigenvalue weighted by Crippen LogP contribution is -1.98. The summed E-state index contributed by atoms with van der Waals surface area (Å²) in [7, 11) is 0. The first kappa shape index (κ1) is 6.14. The molecule has 0 saturated carbocycles. The van der Waals surface area contributed by atoms with Gasteiger partial charge in [-0.25, -0.2) is 0 Å². The zero-order valence-corrected chi connectivity index (χ0v) is 6.16. The molecule has 0 bridgehead atoms. The fourth-order valence-electron chi connectivity index (χ4n) is 0.759. The van der Waals surface area contributed by atoms with Crippen molar-refractivity contribution in [2.75, 3.05) is 6.54 Å². The van der Waals surface area contributed by atoms with E-state index < -0.39 is 0 Å². The molecule has 1 atom stereocenters. The summed E-state index contributed by atoms with van der Waals surface area (Å²) in [6.07, 6.45) is 1.26. The molecule has 0 aliphatic carbocycles. The van der Waals surface area contributed by atoms with Crippen molar-refractivity contribution >= 4 is 16.8 Å². The summed E-state index contributed by atoms with van der Waals surface area (Å²) in [5.41, 5.74) is 0. The Kier molecular flexibility index (Phi) is 1.95. The van der Waals surface area contributed by atoms with Crippen LogP contribution in [0.1, 0.15) is 20.3 Å². The van der Waals surface area contributed by atoms with Crippen molar-refractivity contribution < 1.29 is 0 Å². The van der Waals surface area contributed by atoms with E-state index in [1.165, 1.54) is 11.5 Å². The van der Waals surface area contributed by atoms with Crippen molar-refractivity contribution in [3.8, 4) is 0 Å². The van der Waals surface area contributed by atoms with Crippen LogP contribution >= 0.6 is 11.8 Å². The molecule has 46 valence electrons. The topological polar surface area (TPSA) is 12.4 Å². The molecule has 1 aliphatic rings. The molecule has 0 radical (unpaired) electrons. The zero-order valence-electron chi connectivity index (χ0n) is 5.35. The standard InChI is InChI=1S/C6H11NS/c1-3-6-4-7-5(2)8-6/h6H,3-4H2,1-2H3. The molecule has 0 fully saturated rings. The van der Waals surface area contributed by atoms with E-state index in [9.17, 15) is 0 Å². The Hall–Kier alpha value is 0.0200. The number of nitrogens with zero attached hydrogens (tertiary/aromatic N) is 1. The van der Waals surface area contributed by atoms with Gasteiger partial charge < -0.3 is 0 Å². The van der Waals surface area contributed by atoms with Gasteiger partial charge in [-0.05, 0) is 13.3 Å². The second-order valence-corrected chi connectivity index (χ2v) is 3.50. The molecule has 0 aromatic carbocycles. The van der Waals surface area contributed by atoms with Crippen molar-refractivity contribution in [1.29, 1.82) is 0 Å². The van der Waals surface area contributed by atoms with Gasteiger partial charge in [0.05, 0.1) is 11.6 Å². The van der Waals surface area contributed by atoms with Gasteiger partial charge in [-0.15, -0.1) is 11.8 Å². The predicted molar refractivity (Wildman–Crippen MR) is 39.6 cm³/mol. The number of rotatable bonds is 1. The van der Waals surface area contributed by atoms with E-state index >= 15 is 0 Å². The van der Waals surface area contributed by atoms with Gasteiger partial charge in [0.15, 0.2) is 0 Å². The quantitative estimate of drug-likeness (QED) is 0.527. The van der Waals surface area contributed by atoms with Gasteiger partial charge in [0, 0.05) is 5.25 Å². The average molecular weight is 129 g/mol. The summed E-state index contributed by atoms with van der Waals surface area (Å²) < 4.78 is 0. The summed E-state index contributed by atoms with van der Waals surface area (Å²) in [5.74, 6) is 0. The highest BCUT2D eigenvalue weighted by atomic mass is 32.2. The van der Waals surface area contributed by atoms with E-state index in [0.717, 1.165) is 11.8 Å². The number of hydrogen-bond acceptors (Lipinski definition) is 2. The minimum atomic E-state index is 0.787. The summed E-state index contributed by atoms with van der Waals surface area (Å²) in [6, 6.07) is 0. The predicted octanol–water partition coefficient (Wildman–Crippen LogP) is 1.93. The molecule has 1 unspecified atom stereocenters. The maximum atomic E-state index is 4.27. The van der Waals surface area contributed by atoms with Gasteiger partial charge in [0.1, 0.15) is 0 Å². The van der Waals surface area contributed by atoms with Crippen molar-refractivity contribution in [2.45, 2.75) is 25.5 Å². The van der Waals surface area contributed by atoms with E-state index in [2.05, 4.69) is 18.8 Å². The van der Waals surface area contributed by atoms with E-state index in [-0.39, 0.29) is 0 Å². The lowest BCUT2D eigenvalue weighted by Gasteiger charge is -1.99. The second-order valence-electron chi connectivity index (χ2n) is 2.01. The van der Waals surface area contributed by atoms with Crippen LogP contribution in [0, 0.1) is 0 Å². The molecule has 0 aromatic rings. The van der Waals surface area contributed by atoms with Crippen LogP contribution in [0.25, 0.3) is 0 Å². The Morgan fingerprint density at radius 1 is 1.88 bits per heavy atom. The Bertz CT molecular complexity index is 109. The third kappa shape index (κ3) is 1.25. The van der Waals surface area contributed by atoms with Gasteiger partial charge in [-0.1, -0.05) is 6.92 Å². The summed E-state index contributed by atoms with van der Waals surface area (Å²) in [6.45, 7) is 5.35. The Balaban J connectivity index is 2.32. The van der Waals surface area contributed by atoms with Crippen LogP contribution in [-0.2, 0) is 0 Å². The maximum Gasteiger partial charge on any atom is 0.0648 e. The minimum absolute atomic E-state index is 0.787. The molecule has 0 spiro atoms. The van der Waals surface area contributed by atoms with Crippen molar-refractivity contribution in [1.82, 2.24) is 0 Å². The van der Waals surface area contributed by atoms with Gasteiger partial charge in [0.2, 0.25) is 0 Å².